The Kier molecular flexibility index (Phi) is 3.22. The topological polar surface area (TPSA) is 9.23 Å². The molecular weight excluding hydrogens is 259 g/mol. The molecule has 19 heavy (non-hydrogen) atoms. The summed E-state index contributed by atoms with van der Waals surface area (Å²) in [4.78, 5) is 1.17. The van der Waals surface area contributed by atoms with Gasteiger partial charge in [0, 0.05) is 9.58 Å². The van der Waals surface area contributed by atoms with Gasteiger partial charge in [0.15, 0.2) is 0 Å². The van der Waals surface area contributed by atoms with E-state index < -0.39 is 0 Å². The predicted octanol–water partition coefficient (Wildman–Crippen LogP) is 4.93. The molecule has 0 N–H and O–H groups in total. The van der Waals surface area contributed by atoms with Crippen LogP contribution in [0.25, 0.3) is 10.1 Å². The third-order valence-corrected chi connectivity index (χ3v) is 4.25. The molecule has 0 aliphatic carbocycles. The summed E-state index contributed by atoms with van der Waals surface area (Å²) in [6.07, 6.45) is 0. The number of rotatable bonds is 3. The SMILES string of the molecule is Cc1cccc2cc(COc3ccc(F)cc3)sc12. The molecule has 96 valence electrons. The van der Waals surface area contributed by atoms with Crippen LogP contribution in [0.1, 0.15) is 10.4 Å². The first-order chi connectivity index (χ1) is 9.22. The minimum absolute atomic E-state index is 0.246. The average Bonchev–Trinajstić information content (AvgIpc) is 2.83. The maximum Gasteiger partial charge on any atom is 0.123 e. The van der Waals surface area contributed by atoms with Gasteiger partial charge in [-0.2, -0.15) is 0 Å². The summed E-state index contributed by atoms with van der Waals surface area (Å²) in [5, 5.41) is 1.25. The Morgan fingerprint density at radius 1 is 1.11 bits per heavy atom. The van der Waals surface area contributed by atoms with Gasteiger partial charge < -0.3 is 4.74 Å². The molecule has 1 aromatic heterocycles. The Morgan fingerprint density at radius 3 is 2.63 bits per heavy atom. The van der Waals surface area contributed by atoms with E-state index in [9.17, 15) is 4.39 Å². The highest BCUT2D eigenvalue weighted by molar-refractivity contribution is 7.19. The number of benzene rings is 2. The Bertz CT molecular complexity index is 700. The normalized spacial score (nSPS) is 10.8. The zero-order valence-corrected chi connectivity index (χ0v) is 11.3. The van der Waals surface area contributed by atoms with Crippen LogP contribution in [-0.4, -0.2) is 0 Å². The van der Waals surface area contributed by atoms with Gasteiger partial charge in [-0.15, -0.1) is 11.3 Å². The first kappa shape index (κ1) is 12.2. The van der Waals surface area contributed by atoms with Crippen LogP contribution in [0.15, 0.2) is 48.5 Å². The summed E-state index contributed by atoms with van der Waals surface area (Å²) in [5.41, 5.74) is 1.29. The second kappa shape index (κ2) is 5.02. The number of hydrogen-bond donors (Lipinski definition) is 0. The molecule has 0 atom stereocenters. The van der Waals surface area contributed by atoms with Gasteiger partial charge in [-0.3, -0.25) is 0 Å². The average molecular weight is 272 g/mol. The van der Waals surface area contributed by atoms with Crippen LogP contribution in [0.5, 0.6) is 5.75 Å². The lowest BCUT2D eigenvalue weighted by atomic mass is 10.2. The molecule has 0 fully saturated rings. The lowest BCUT2D eigenvalue weighted by Gasteiger charge is -2.03. The third kappa shape index (κ3) is 2.61. The second-order valence-electron chi connectivity index (χ2n) is 4.45. The van der Waals surface area contributed by atoms with Crippen molar-refractivity contribution in [3.63, 3.8) is 0 Å². The summed E-state index contributed by atoms with van der Waals surface area (Å²) in [6.45, 7) is 2.63. The fourth-order valence-corrected chi connectivity index (χ4v) is 3.06. The quantitative estimate of drug-likeness (QED) is 0.657. The van der Waals surface area contributed by atoms with E-state index in [1.807, 2.05) is 0 Å². The van der Waals surface area contributed by atoms with E-state index in [-0.39, 0.29) is 5.82 Å². The number of halogens is 1. The van der Waals surface area contributed by atoms with Gasteiger partial charge in [-0.25, -0.2) is 4.39 Å². The van der Waals surface area contributed by atoms with Gasteiger partial charge in [0.1, 0.15) is 18.2 Å². The second-order valence-corrected chi connectivity index (χ2v) is 5.59. The Balaban J connectivity index is 1.78. The molecule has 0 aliphatic heterocycles. The van der Waals surface area contributed by atoms with Crippen LogP contribution in [0, 0.1) is 12.7 Å². The molecule has 0 bridgehead atoms. The molecule has 3 heteroatoms. The molecule has 1 nitrogen and oxygen atoms in total. The van der Waals surface area contributed by atoms with E-state index in [2.05, 4.69) is 31.2 Å². The Morgan fingerprint density at radius 2 is 1.89 bits per heavy atom. The summed E-state index contributed by atoms with van der Waals surface area (Å²) in [5.74, 6) is 0.445. The minimum atomic E-state index is -0.246. The van der Waals surface area contributed by atoms with Crippen molar-refractivity contribution in [1.82, 2.24) is 0 Å². The van der Waals surface area contributed by atoms with Crippen LogP contribution >= 0.6 is 11.3 Å². The molecule has 0 saturated carbocycles. The fraction of sp³-hybridized carbons (Fsp3) is 0.125. The number of fused-ring (bicyclic) bond motifs is 1. The van der Waals surface area contributed by atoms with Gasteiger partial charge in [-0.05, 0) is 48.2 Å². The number of thiophene rings is 1. The van der Waals surface area contributed by atoms with E-state index in [1.165, 1.54) is 32.7 Å². The summed E-state index contributed by atoms with van der Waals surface area (Å²) in [7, 11) is 0. The van der Waals surface area contributed by atoms with Crippen molar-refractivity contribution in [3.05, 3.63) is 64.8 Å². The van der Waals surface area contributed by atoms with E-state index in [1.54, 1.807) is 23.5 Å². The first-order valence-corrected chi connectivity index (χ1v) is 6.90. The van der Waals surface area contributed by atoms with Crippen LogP contribution in [-0.2, 0) is 6.61 Å². The Hall–Kier alpha value is -1.87. The van der Waals surface area contributed by atoms with Crippen LogP contribution in [0.3, 0.4) is 0 Å². The van der Waals surface area contributed by atoms with Crippen molar-refractivity contribution in [2.24, 2.45) is 0 Å². The van der Waals surface area contributed by atoms with Gasteiger partial charge >= 0.3 is 0 Å². The molecule has 0 saturated heterocycles. The zero-order valence-electron chi connectivity index (χ0n) is 10.5. The molecule has 3 aromatic rings. The number of hydrogen-bond acceptors (Lipinski definition) is 2. The van der Waals surface area contributed by atoms with Crippen molar-refractivity contribution in [2.75, 3.05) is 0 Å². The van der Waals surface area contributed by atoms with E-state index >= 15 is 0 Å². The molecule has 0 amide bonds. The molecule has 0 aliphatic rings. The molecule has 0 radical (unpaired) electrons. The minimum Gasteiger partial charge on any atom is -0.488 e. The maximum absolute atomic E-state index is 12.8. The molecule has 0 spiro atoms. The van der Waals surface area contributed by atoms with Crippen molar-refractivity contribution in [3.8, 4) is 5.75 Å². The van der Waals surface area contributed by atoms with Crippen LogP contribution in [0.2, 0.25) is 0 Å². The zero-order chi connectivity index (χ0) is 13.2. The smallest absolute Gasteiger partial charge is 0.123 e. The lowest BCUT2D eigenvalue weighted by molar-refractivity contribution is 0.309. The standard InChI is InChI=1S/C16H13FOS/c1-11-3-2-4-12-9-15(19-16(11)12)10-18-14-7-5-13(17)6-8-14/h2-9H,10H2,1H3. The highest BCUT2D eigenvalue weighted by atomic mass is 32.1. The van der Waals surface area contributed by atoms with Crippen LogP contribution in [0.4, 0.5) is 4.39 Å². The van der Waals surface area contributed by atoms with E-state index in [4.69, 9.17) is 4.74 Å². The predicted molar refractivity (Wildman–Crippen MR) is 77.3 cm³/mol. The van der Waals surface area contributed by atoms with Crippen molar-refractivity contribution in [2.45, 2.75) is 13.5 Å². The van der Waals surface area contributed by atoms with Crippen molar-refractivity contribution < 1.29 is 9.13 Å². The van der Waals surface area contributed by atoms with Crippen molar-refractivity contribution in [1.29, 1.82) is 0 Å². The van der Waals surface area contributed by atoms with Gasteiger partial charge in [0.2, 0.25) is 0 Å². The summed E-state index contributed by atoms with van der Waals surface area (Å²) in [6, 6.07) is 14.5. The molecule has 3 rings (SSSR count). The van der Waals surface area contributed by atoms with Gasteiger partial charge in [-0.1, -0.05) is 18.2 Å². The fourth-order valence-electron chi connectivity index (χ4n) is 2.02. The number of aryl methyl sites for hydroxylation is 1. The van der Waals surface area contributed by atoms with E-state index in [0.717, 1.165) is 0 Å². The summed E-state index contributed by atoms with van der Waals surface area (Å²) < 4.78 is 19.7. The van der Waals surface area contributed by atoms with Crippen molar-refractivity contribution >= 4 is 21.4 Å². The van der Waals surface area contributed by atoms with Gasteiger partial charge in [0.05, 0.1) is 0 Å². The Labute approximate surface area is 115 Å². The largest absolute Gasteiger partial charge is 0.488 e. The van der Waals surface area contributed by atoms with Crippen LogP contribution < -0.4 is 4.74 Å². The molecule has 1 heterocycles. The first-order valence-electron chi connectivity index (χ1n) is 6.09. The lowest BCUT2D eigenvalue weighted by Crippen LogP contribution is -1.92. The summed E-state index contributed by atoms with van der Waals surface area (Å²) >= 11 is 1.75. The number of ether oxygens (including phenoxy) is 1. The maximum atomic E-state index is 12.8. The highest BCUT2D eigenvalue weighted by Crippen LogP contribution is 2.29. The van der Waals surface area contributed by atoms with E-state index in [0.29, 0.717) is 12.4 Å². The monoisotopic (exact) mass is 272 g/mol. The highest BCUT2D eigenvalue weighted by Gasteiger charge is 2.04. The molecule has 2 aromatic carbocycles. The molecule has 0 unspecified atom stereocenters. The van der Waals surface area contributed by atoms with Gasteiger partial charge in [0.25, 0.3) is 0 Å². The third-order valence-electron chi connectivity index (χ3n) is 2.99. The molecular formula is C16H13FOS.